The first kappa shape index (κ1) is 15.7. The topological polar surface area (TPSA) is 113 Å². The number of carbonyl (C=O) groups is 2. The van der Waals surface area contributed by atoms with Crippen molar-refractivity contribution < 1.29 is 23.1 Å². The molecule has 1 aromatic rings. The molecule has 20 heavy (non-hydrogen) atoms. The summed E-state index contributed by atoms with van der Waals surface area (Å²) < 4.78 is 24.7. The number of carboxylic acid groups (broad SMARTS) is 1. The lowest BCUT2D eigenvalue weighted by molar-refractivity contribution is -0.135. The minimum absolute atomic E-state index is 0.659. The van der Waals surface area contributed by atoms with Gasteiger partial charge in [-0.2, -0.15) is 0 Å². The number of carbonyl (C=O) groups excluding carboxylic acids is 1. The van der Waals surface area contributed by atoms with Gasteiger partial charge in [-0.25, -0.2) is 17.9 Å². The summed E-state index contributed by atoms with van der Waals surface area (Å²) in [6.45, 7) is 1.24. The van der Waals surface area contributed by atoms with E-state index in [4.69, 9.17) is 5.11 Å². The van der Waals surface area contributed by atoms with Crippen molar-refractivity contribution in [1.29, 1.82) is 0 Å². The van der Waals surface area contributed by atoms with Crippen LogP contribution in [0.15, 0.2) is 29.7 Å². The maximum absolute atomic E-state index is 11.5. The average molecular weight is 298 g/mol. The number of amides is 2. The van der Waals surface area contributed by atoms with Gasteiger partial charge in [0.25, 0.3) is 10.0 Å². The number of hydrogen-bond acceptors (Lipinski definition) is 4. The van der Waals surface area contributed by atoms with Gasteiger partial charge in [0, 0.05) is 0 Å². The summed E-state index contributed by atoms with van der Waals surface area (Å²) in [6.07, 6.45) is 1.33. The van der Waals surface area contributed by atoms with E-state index < -0.39 is 28.6 Å². The quantitative estimate of drug-likeness (QED) is 0.740. The number of sulfonamides is 1. The van der Waals surface area contributed by atoms with E-state index in [1.54, 1.807) is 16.9 Å². The van der Waals surface area contributed by atoms with E-state index in [0.29, 0.717) is 5.56 Å². The summed E-state index contributed by atoms with van der Waals surface area (Å²) in [6, 6.07) is 6.00. The Kier molecular flexibility index (Phi) is 5.27. The lowest BCUT2D eigenvalue weighted by Crippen LogP contribution is -2.40. The zero-order valence-electron chi connectivity index (χ0n) is 10.7. The van der Waals surface area contributed by atoms with Crippen LogP contribution in [-0.4, -0.2) is 32.1 Å². The van der Waals surface area contributed by atoms with Crippen molar-refractivity contribution in [2.24, 2.45) is 0 Å². The first-order valence-corrected chi connectivity index (χ1v) is 7.10. The molecule has 108 valence electrons. The summed E-state index contributed by atoms with van der Waals surface area (Å²) in [5.74, 6) is -1.27. The highest BCUT2D eigenvalue weighted by Crippen LogP contribution is 2.05. The number of carboxylic acids is 1. The fourth-order valence-corrected chi connectivity index (χ4v) is 1.94. The molecule has 0 aliphatic rings. The molecule has 0 spiro atoms. The van der Waals surface area contributed by atoms with Gasteiger partial charge in [0.2, 0.25) is 0 Å². The van der Waals surface area contributed by atoms with Crippen molar-refractivity contribution in [2.75, 3.05) is 6.54 Å². The van der Waals surface area contributed by atoms with Crippen molar-refractivity contribution in [2.45, 2.75) is 6.92 Å². The van der Waals surface area contributed by atoms with Crippen LogP contribution in [0, 0.1) is 6.92 Å². The maximum Gasteiger partial charge on any atom is 0.329 e. The second-order valence-electron chi connectivity index (χ2n) is 3.94. The molecule has 0 bridgehead atoms. The van der Waals surface area contributed by atoms with Crippen LogP contribution in [0.25, 0.3) is 6.08 Å². The van der Waals surface area contributed by atoms with E-state index in [0.717, 1.165) is 11.0 Å². The van der Waals surface area contributed by atoms with Crippen molar-refractivity contribution in [3.05, 3.63) is 40.8 Å². The monoisotopic (exact) mass is 298 g/mol. The van der Waals surface area contributed by atoms with Crippen LogP contribution in [-0.2, 0) is 14.8 Å². The van der Waals surface area contributed by atoms with Crippen LogP contribution < -0.4 is 10.0 Å². The summed E-state index contributed by atoms with van der Waals surface area (Å²) in [5, 5.41) is 11.0. The minimum Gasteiger partial charge on any atom is -0.480 e. The number of benzene rings is 1. The maximum atomic E-state index is 11.5. The number of aliphatic carboxylic acids is 1. The van der Waals surface area contributed by atoms with E-state index in [1.807, 2.05) is 24.4 Å². The SMILES string of the molecule is Cc1ccc(/C=C/S(=O)(=O)NC(=O)NCC(=O)O)cc1. The highest BCUT2D eigenvalue weighted by atomic mass is 32.2. The van der Waals surface area contributed by atoms with Crippen molar-refractivity contribution in [3.8, 4) is 0 Å². The first-order chi connectivity index (χ1) is 9.28. The molecule has 8 heteroatoms. The fraction of sp³-hybridized carbons (Fsp3) is 0.167. The molecule has 7 nitrogen and oxygen atoms in total. The molecule has 0 aliphatic heterocycles. The lowest BCUT2D eigenvalue weighted by Gasteiger charge is -2.03. The first-order valence-electron chi connectivity index (χ1n) is 5.56. The predicted octanol–water partition coefficient (Wildman–Crippen LogP) is 0.679. The molecule has 0 heterocycles. The summed E-state index contributed by atoms with van der Waals surface area (Å²) >= 11 is 0. The summed E-state index contributed by atoms with van der Waals surface area (Å²) in [4.78, 5) is 21.3. The van der Waals surface area contributed by atoms with Gasteiger partial charge in [-0.1, -0.05) is 29.8 Å². The van der Waals surface area contributed by atoms with Crippen LogP contribution in [0.5, 0.6) is 0 Å². The van der Waals surface area contributed by atoms with Crippen molar-refractivity contribution in [3.63, 3.8) is 0 Å². The van der Waals surface area contributed by atoms with Gasteiger partial charge in [-0.15, -0.1) is 0 Å². The molecule has 2 amide bonds. The molecule has 1 aromatic carbocycles. The predicted molar refractivity (Wildman–Crippen MR) is 73.3 cm³/mol. The number of aryl methyl sites for hydroxylation is 1. The van der Waals surface area contributed by atoms with Gasteiger partial charge in [-0.05, 0) is 18.6 Å². The Morgan fingerprint density at radius 3 is 2.40 bits per heavy atom. The fourth-order valence-electron chi connectivity index (χ4n) is 1.20. The van der Waals surface area contributed by atoms with Crippen LogP contribution in [0.2, 0.25) is 0 Å². The van der Waals surface area contributed by atoms with Gasteiger partial charge in [0.05, 0.1) is 5.41 Å². The van der Waals surface area contributed by atoms with Crippen molar-refractivity contribution >= 4 is 28.1 Å². The molecular weight excluding hydrogens is 284 g/mol. The summed E-state index contributed by atoms with van der Waals surface area (Å²) in [7, 11) is -3.97. The second-order valence-corrected chi connectivity index (χ2v) is 5.50. The third kappa shape index (κ3) is 6.01. The highest BCUT2D eigenvalue weighted by molar-refractivity contribution is 7.93. The second kappa shape index (κ2) is 6.71. The Balaban J connectivity index is 2.63. The molecule has 0 radical (unpaired) electrons. The van der Waals surface area contributed by atoms with Crippen LogP contribution >= 0.6 is 0 Å². The molecule has 0 unspecified atom stereocenters. The number of hydrogen-bond donors (Lipinski definition) is 3. The van der Waals surface area contributed by atoms with E-state index in [-0.39, 0.29) is 0 Å². The molecule has 3 N–H and O–H groups in total. The third-order valence-electron chi connectivity index (χ3n) is 2.15. The van der Waals surface area contributed by atoms with E-state index in [2.05, 4.69) is 0 Å². The number of rotatable bonds is 5. The molecule has 0 saturated carbocycles. The molecule has 1 rings (SSSR count). The van der Waals surface area contributed by atoms with E-state index in [1.165, 1.54) is 6.08 Å². The zero-order valence-corrected chi connectivity index (χ0v) is 11.5. The number of urea groups is 1. The minimum atomic E-state index is -3.97. The smallest absolute Gasteiger partial charge is 0.329 e. The Hall–Kier alpha value is -2.35. The van der Waals surface area contributed by atoms with E-state index >= 15 is 0 Å². The van der Waals surface area contributed by atoms with Gasteiger partial charge < -0.3 is 10.4 Å². The normalized spacial score (nSPS) is 11.2. The molecule has 0 aromatic heterocycles. The van der Waals surface area contributed by atoms with Crippen LogP contribution in [0.4, 0.5) is 4.79 Å². The van der Waals surface area contributed by atoms with Crippen LogP contribution in [0.1, 0.15) is 11.1 Å². The average Bonchev–Trinajstić information content (AvgIpc) is 2.35. The lowest BCUT2D eigenvalue weighted by atomic mass is 10.2. The summed E-state index contributed by atoms with van der Waals surface area (Å²) in [5.41, 5.74) is 1.70. The molecular formula is C12H14N2O5S. The van der Waals surface area contributed by atoms with Gasteiger partial charge in [0.15, 0.2) is 0 Å². The van der Waals surface area contributed by atoms with E-state index in [9.17, 15) is 18.0 Å². The molecule has 0 fully saturated rings. The Morgan fingerprint density at radius 2 is 1.85 bits per heavy atom. The van der Waals surface area contributed by atoms with Gasteiger partial charge in [0.1, 0.15) is 6.54 Å². The highest BCUT2D eigenvalue weighted by Gasteiger charge is 2.11. The van der Waals surface area contributed by atoms with Crippen LogP contribution in [0.3, 0.4) is 0 Å². The Morgan fingerprint density at radius 1 is 1.25 bits per heavy atom. The zero-order chi connectivity index (χ0) is 15.2. The largest absolute Gasteiger partial charge is 0.480 e. The standard InChI is InChI=1S/C12H14N2O5S/c1-9-2-4-10(5-3-9)6-7-20(18,19)14-12(17)13-8-11(15)16/h2-7H,8H2,1H3,(H,15,16)(H2,13,14,17)/b7-6+. The van der Waals surface area contributed by atoms with Gasteiger partial charge >= 0.3 is 12.0 Å². The molecule has 0 aliphatic carbocycles. The van der Waals surface area contributed by atoms with Crippen molar-refractivity contribution in [1.82, 2.24) is 10.0 Å². The Bertz CT molecular complexity index is 620. The molecule has 0 atom stereocenters. The number of nitrogens with one attached hydrogen (secondary N) is 2. The van der Waals surface area contributed by atoms with Gasteiger partial charge in [-0.3, -0.25) is 4.79 Å². The third-order valence-corrected chi connectivity index (χ3v) is 3.12. The molecule has 0 saturated heterocycles. The Labute approximate surface area is 116 Å².